The Morgan fingerprint density at radius 1 is 1.35 bits per heavy atom. The Morgan fingerprint density at radius 2 is 2.10 bits per heavy atom. The third kappa shape index (κ3) is 3.74. The van der Waals surface area contributed by atoms with Crippen molar-refractivity contribution >= 4 is 23.5 Å². The lowest BCUT2D eigenvalue weighted by Gasteiger charge is -2.19. The number of anilines is 1. The molecule has 0 aliphatic carbocycles. The molecule has 0 aliphatic rings. The van der Waals surface area contributed by atoms with E-state index in [9.17, 15) is 4.79 Å². The molecule has 0 aliphatic heterocycles. The Balaban J connectivity index is 2.12. The van der Waals surface area contributed by atoms with Gasteiger partial charge in [-0.1, -0.05) is 11.6 Å². The predicted octanol–water partition coefficient (Wildman–Crippen LogP) is 4.34. The van der Waals surface area contributed by atoms with Crippen LogP contribution in [0.4, 0.5) is 10.6 Å². The Morgan fingerprint density at radius 3 is 2.65 bits per heavy atom. The minimum atomic E-state index is -0.572. The summed E-state index contributed by atoms with van der Waals surface area (Å²) in [6, 6.07) is 5.19. The van der Waals surface area contributed by atoms with Crippen molar-refractivity contribution < 1.29 is 13.9 Å². The quantitative estimate of drug-likeness (QED) is 0.837. The van der Waals surface area contributed by atoms with Gasteiger partial charge in [0.15, 0.2) is 0 Å². The fourth-order valence-electron chi connectivity index (χ4n) is 1.55. The molecule has 0 radical (unpaired) electrons. The molecular weight excluding hydrogens is 280 g/mol. The molecule has 2 aromatic rings. The van der Waals surface area contributed by atoms with Crippen LogP contribution in [-0.4, -0.2) is 16.7 Å². The molecule has 20 heavy (non-hydrogen) atoms. The van der Waals surface area contributed by atoms with E-state index in [2.05, 4.69) is 10.3 Å². The molecule has 0 fully saturated rings. The molecule has 0 atom stereocenters. The number of carbonyl (C=O) groups excluding carboxylic acids is 1. The van der Waals surface area contributed by atoms with E-state index in [0.717, 1.165) is 11.1 Å². The van der Waals surface area contributed by atoms with E-state index >= 15 is 0 Å². The van der Waals surface area contributed by atoms with Crippen LogP contribution in [0.3, 0.4) is 0 Å². The third-order valence-corrected chi connectivity index (χ3v) is 2.60. The highest BCUT2D eigenvalue weighted by molar-refractivity contribution is 6.32. The number of aromatic nitrogens is 1. The first-order valence-electron chi connectivity index (χ1n) is 6.04. The summed E-state index contributed by atoms with van der Waals surface area (Å²) in [5.41, 5.74) is 0.992. The van der Waals surface area contributed by atoms with E-state index in [1.165, 1.54) is 0 Å². The van der Waals surface area contributed by atoms with Crippen molar-refractivity contribution in [3.8, 4) is 11.1 Å². The van der Waals surface area contributed by atoms with Gasteiger partial charge in [-0.2, -0.15) is 0 Å². The van der Waals surface area contributed by atoms with Gasteiger partial charge in [-0.3, -0.25) is 5.32 Å². The number of rotatable bonds is 2. The van der Waals surface area contributed by atoms with Gasteiger partial charge >= 0.3 is 6.09 Å². The second-order valence-electron chi connectivity index (χ2n) is 5.17. The topological polar surface area (TPSA) is 64.4 Å². The average Bonchev–Trinajstić information content (AvgIpc) is 2.79. The number of ether oxygens (including phenoxy) is 1. The predicted molar refractivity (Wildman–Crippen MR) is 76.8 cm³/mol. The molecule has 0 unspecified atom stereocenters. The summed E-state index contributed by atoms with van der Waals surface area (Å²) in [4.78, 5) is 15.7. The van der Waals surface area contributed by atoms with Crippen molar-refractivity contribution in [2.75, 3.05) is 5.32 Å². The first kappa shape index (κ1) is 14.4. The first-order chi connectivity index (χ1) is 9.35. The zero-order valence-corrected chi connectivity index (χ0v) is 12.2. The van der Waals surface area contributed by atoms with E-state index in [4.69, 9.17) is 20.8 Å². The monoisotopic (exact) mass is 294 g/mol. The van der Waals surface area contributed by atoms with Gasteiger partial charge in [0.25, 0.3) is 0 Å². The van der Waals surface area contributed by atoms with Crippen LogP contribution in [0.5, 0.6) is 0 Å². The summed E-state index contributed by atoms with van der Waals surface area (Å²) in [7, 11) is 0. The summed E-state index contributed by atoms with van der Waals surface area (Å²) in [5, 5.41) is 2.81. The molecule has 106 valence electrons. The molecule has 2 rings (SSSR count). The van der Waals surface area contributed by atoms with Crippen LogP contribution in [0.1, 0.15) is 20.8 Å². The maximum absolute atomic E-state index is 11.6. The molecule has 1 amide bonds. The van der Waals surface area contributed by atoms with Crippen LogP contribution in [0.15, 0.2) is 35.1 Å². The summed E-state index contributed by atoms with van der Waals surface area (Å²) >= 11 is 6.09. The van der Waals surface area contributed by atoms with Crippen LogP contribution < -0.4 is 5.32 Å². The molecule has 6 heteroatoms. The van der Waals surface area contributed by atoms with Crippen LogP contribution in [-0.2, 0) is 4.74 Å². The molecule has 0 saturated heterocycles. The van der Waals surface area contributed by atoms with Crippen LogP contribution in [0.2, 0.25) is 5.15 Å². The van der Waals surface area contributed by atoms with Crippen molar-refractivity contribution in [3.05, 3.63) is 35.9 Å². The van der Waals surface area contributed by atoms with Crippen molar-refractivity contribution in [3.63, 3.8) is 0 Å². The minimum Gasteiger partial charge on any atom is -0.472 e. The Kier molecular flexibility index (Phi) is 3.99. The summed E-state index contributed by atoms with van der Waals surface area (Å²) in [5.74, 6) is 0.330. The molecule has 2 heterocycles. The van der Waals surface area contributed by atoms with E-state index in [0.29, 0.717) is 5.82 Å². The number of halogens is 1. The zero-order valence-electron chi connectivity index (χ0n) is 11.4. The van der Waals surface area contributed by atoms with Crippen molar-refractivity contribution in [1.82, 2.24) is 4.98 Å². The lowest BCUT2D eigenvalue weighted by atomic mass is 10.1. The van der Waals surface area contributed by atoms with Gasteiger partial charge in [0.1, 0.15) is 16.6 Å². The number of furan rings is 1. The lowest BCUT2D eigenvalue weighted by molar-refractivity contribution is 0.0635. The Labute approximate surface area is 121 Å². The number of hydrogen-bond donors (Lipinski definition) is 1. The Bertz CT molecular complexity index is 603. The molecule has 0 spiro atoms. The second-order valence-corrected chi connectivity index (χ2v) is 5.53. The van der Waals surface area contributed by atoms with Gasteiger partial charge in [0.05, 0.1) is 12.5 Å². The maximum atomic E-state index is 11.6. The fraction of sp³-hybridized carbons (Fsp3) is 0.286. The fourth-order valence-corrected chi connectivity index (χ4v) is 1.81. The van der Waals surface area contributed by atoms with E-state index < -0.39 is 11.7 Å². The smallest absolute Gasteiger partial charge is 0.413 e. The highest BCUT2D eigenvalue weighted by atomic mass is 35.5. The summed E-state index contributed by atoms with van der Waals surface area (Å²) < 4.78 is 10.1. The van der Waals surface area contributed by atoms with Gasteiger partial charge in [-0.15, -0.1) is 0 Å². The first-order valence-corrected chi connectivity index (χ1v) is 6.42. The minimum absolute atomic E-state index is 0.278. The molecule has 2 aromatic heterocycles. The number of nitrogens with zero attached hydrogens (tertiary/aromatic N) is 1. The molecule has 0 aromatic carbocycles. The maximum Gasteiger partial charge on any atom is 0.413 e. The molecule has 5 nitrogen and oxygen atoms in total. The third-order valence-electron chi connectivity index (χ3n) is 2.31. The highest BCUT2D eigenvalue weighted by Crippen LogP contribution is 2.28. The normalized spacial score (nSPS) is 11.2. The van der Waals surface area contributed by atoms with Crippen molar-refractivity contribution in [2.24, 2.45) is 0 Å². The standard InChI is InChI=1S/C14H15ClN2O3/c1-14(2,3)20-13(18)17-11-5-4-10(12(15)16-11)9-6-7-19-8-9/h4-8H,1-3H3,(H,16,17,18). The van der Waals surface area contributed by atoms with Crippen LogP contribution in [0, 0.1) is 0 Å². The lowest BCUT2D eigenvalue weighted by Crippen LogP contribution is -2.27. The van der Waals surface area contributed by atoms with Crippen LogP contribution >= 0.6 is 11.6 Å². The summed E-state index contributed by atoms with van der Waals surface area (Å²) in [6.45, 7) is 5.36. The molecule has 0 saturated carbocycles. The number of pyridine rings is 1. The van der Waals surface area contributed by atoms with Gasteiger partial charge < -0.3 is 9.15 Å². The number of amides is 1. The van der Waals surface area contributed by atoms with E-state index in [1.54, 1.807) is 51.5 Å². The van der Waals surface area contributed by atoms with E-state index in [-0.39, 0.29) is 5.15 Å². The number of nitrogens with one attached hydrogen (secondary N) is 1. The SMILES string of the molecule is CC(C)(C)OC(=O)Nc1ccc(-c2ccoc2)c(Cl)n1. The number of hydrogen-bond acceptors (Lipinski definition) is 4. The van der Waals surface area contributed by atoms with Crippen molar-refractivity contribution in [1.29, 1.82) is 0 Å². The summed E-state index contributed by atoms with van der Waals surface area (Å²) in [6.07, 6.45) is 2.56. The van der Waals surface area contributed by atoms with Gasteiger partial charge in [-0.05, 0) is 39.0 Å². The van der Waals surface area contributed by atoms with Crippen molar-refractivity contribution in [2.45, 2.75) is 26.4 Å². The molecule has 1 N–H and O–H groups in total. The molecule has 0 bridgehead atoms. The van der Waals surface area contributed by atoms with Gasteiger partial charge in [0, 0.05) is 11.1 Å². The second kappa shape index (κ2) is 5.54. The van der Waals surface area contributed by atoms with Gasteiger partial charge in [-0.25, -0.2) is 9.78 Å². The Hall–Kier alpha value is -2.01. The van der Waals surface area contributed by atoms with Gasteiger partial charge in [0.2, 0.25) is 0 Å². The largest absolute Gasteiger partial charge is 0.472 e. The average molecular weight is 295 g/mol. The molecular formula is C14H15ClN2O3. The number of carbonyl (C=O) groups is 1. The van der Waals surface area contributed by atoms with E-state index in [1.807, 2.05) is 0 Å². The zero-order chi connectivity index (χ0) is 14.8. The highest BCUT2D eigenvalue weighted by Gasteiger charge is 2.17. The van der Waals surface area contributed by atoms with Crippen LogP contribution in [0.25, 0.3) is 11.1 Å².